The predicted molar refractivity (Wildman–Crippen MR) is 87.1 cm³/mol. The first kappa shape index (κ1) is 15.5. The van der Waals surface area contributed by atoms with Gasteiger partial charge in [0.15, 0.2) is 0 Å². The van der Waals surface area contributed by atoms with E-state index in [4.69, 9.17) is 0 Å². The quantitative estimate of drug-likeness (QED) is 0.820. The van der Waals surface area contributed by atoms with Gasteiger partial charge in [0.1, 0.15) is 0 Å². The van der Waals surface area contributed by atoms with Crippen molar-refractivity contribution in [2.24, 2.45) is 5.41 Å². The Bertz CT molecular complexity index is 363. The van der Waals surface area contributed by atoms with Crippen molar-refractivity contribution in [2.45, 2.75) is 39.0 Å². The molecule has 1 aliphatic heterocycles. The summed E-state index contributed by atoms with van der Waals surface area (Å²) < 4.78 is 0. The lowest BCUT2D eigenvalue weighted by Gasteiger charge is -2.40. The summed E-state index contributed by atoms with van der Waals surface area (Å²) in [7, 11) is 2.29. The monoisotopic (exact) mass is 274 g/mol. The van der Waals surface area contributed by atoms with E-state index in [-0.39, 0.29) is 0 Å². The maximum atomic E-state index is 3.51. The van der Waals surface area contributed by atoms with Crippen molar-refractivity contribution in [2.75, 3.05) is 33.2 Å². The Morgan fingerprint density at radius 3 is 2.50 bits per heavy atom. The van der Waals surface area contributed by atoms with Gasteiger partial charge >= 0.3 is 0 Å². The van der Waals surface area contributed by atoms with E-state index in [1.165, 1.54) is 57.4 Å². The molecule has 1 N–H and O–H groups in total. The molecule has 20 heavy (non-hydrogen) atoms. The topological polar surface area (TPSA) is 15.3 Å². The van der Waals surface area contributed by atoms with E-state index in [0.717, 1.165) is 6.42 Å². The molecular formula is C18H30N2. The van der Waals surface area contributed by atoms with Gasteiger partial charge in [-0.05, 0) is 56.8 Å². The van der Waals surface area contributed by atoms with E-state index in [0.29, 0.717) is 5.41 Å². The maximum absolute atomic E-state index is 3.51. The zero-order valence-electron chi connectivity index (χ0n) is 13.2. The van der Waals surface area contributed by atoms with Crippen LogP contribution in [0.4, 0.5) is 0 Å². The third-order valence-corrected chi connectivity index (χ3v) is 4.67. The van der Waals surface area contributed by atoms with E-state index in [9.17, 15) is 0 Å². The minimum Gasteiger partial charge on any atom is -0.317 e. The molecule has 2 heteroatoms. The van der Waals surface area contributed by atoms with Gasteiger partial charge in [0.25, 0.3) is 0 Å². The lowest BCUT2D eigenvalue weighted by molar-refractivity contribution is 0.117. The predicted octanol–water partition coefficient (Wildman–Crippen LogP) is 3.33. The number of hydrogen-bond acceptors (Lipinski definition) is 2. The number of benzene rings is 1. The highest BCUT2D eigenvalue weighted by atomic mass is 15.1. The summed E-state index contributed by atoms with van der Waals surface area (Å²) in [4.78, 5) is 2.55. The number of nitrogens with one attached hydrogen (secondary N) is 1. The van der Waals surface area contributed by atoms with Crippen LogP contribution in [0.2, 0.25) is 0 Å². The minimum absolute atomic E-state index is 0.561. The van der Waals surface area contributed by atoms with Crippen LogP contribution in [0.25, 0.3) is 0 Å². The standard InChI is InChI=1S/C18H30N2/c1-3-10-18(11-13-19-14-12-18)16-20(2)15-9-17-7-5-4-6-8-17/h4-8,19H,3,9-16H2,1-2H3. The fourth-order valence-electron chi connectivity index (χ4n) is 3.59. The molecule has 0 saturated carbocycles. The van der Waals surface area contributed by atoms with Gasteiger partial charge in [-0.1, -0.05) is 43.7 Å². The molecule has 0 atom stereocenters. The Balaban J connectivity index is 1.83. The van der Waals surface area contributed by atoms with Gasteiger partial charge in [-0.3, -0.25) is 0 Å². The lowest BCUT2D eigenvalue weighted by Crippen LogP contribution is -2.44. The summed E-state index contributed by atoms with van der Waals surface area (Å²) >= 11 is 0. The smallest absolute Gasteiger partial charge is 0.00360 e. The summed E-state index contributed by atoms with van der Waals surface area (Å²) in [5, 5.41) is 3.51. The largest absolute Gasteiger partial charge is 0.317 e. The van der Waals surface area contributed by atoms with E-state index < -0.39 is 0 Å². The Kier molecular flexibility index (Phi) is 6.06. The van der Waals surface area contributed by atoms with E-state index in [1.807, 2.05) is 0 Å². The first-order chi connectivity index (χ1) is 9.74. The van der Waals surface area contributed by atoms with E-state index >= 15 is 0 Å². The number of nitrogens with zero attached hydrogens (tertiary/aromatic N) is 1. The summed E-state index contributed by atoms with van der Waals surface area (Å²) in [6, 6.07) is 10.8. The van der Waals surface area contributed by atoms with Crippen LogP contribution in [0.5, 0.6) is 0 Å². The van der Waals surface area contributed by atoms with Crippen molar-refractivity contribution < 1.29 is 0 Å². The third-order valence-electron chi connectivity index (χ3n) is 4.67. The number of piperidine rings is 1. The molecule has 1 aliphatic rings. The number of rotatable bonds is 7. The first-order valence-electron chi connectivity index (χ1n) is 8.17. The fourth-order valence-corrected chi connectivity index (χ4v) is 3.59. The molecule has 1 saturated heterocycles. The van der Waals surface area contributed by atoms with Crippen LogP contribution in [-0.2, 0) is 6.42 Å². The molecule has 1 aromatic rings. The highest BCUT2D eigenvalue weighted by Crippen LogP contribution is 2.34. The van der Waals surface area contributed by atoms with Gasteiger partial charge in [-0.25, -0.2) is 0 Å². The van der Waals surface area contributed by atoms with Gasteiger partial charge in [-0.2, -0.15) is 0 Å². The van der Waals surface area contributed by atoms with Gasteiger partial charge in [0.2, 0.25) is 0 Å². The summed E-state index contributed by atoms with van der Waals surface area (Å²) in [6.45, 7) is 7.16. The van der Waals surface area contributed by atoms with E-state index in [2.05, 4.69) is 54.5 Å². The molecule has 112 valence electrons. The number of hydrogen-bond donors (Lipinski definition) is 1. The van der Waals surface area contributed by atoms with Gasteiger partial charge in [0, 0.05) is 13.1 Å². The second-order valence-corrected chi connectivity index (χ2v) is 6.47. The van der Waals surface area contributed by atoms with Gasteiger partial charge in [-0.15, -0.1) is 0 Å². The average molecular weight is 274 g/mol. The number of likely N-dealkylation sites (N-methyl/N-ethyl adjacent to an activating group) is 1. The Labute approximate surface area is 124 Å². The Hall–Kier alpha value is -0.860. The molecule has 1 fully saturated rings. The Morgan fingerprint density at radius 1 is 1.15 bits per heavy atom. The minimum atomic E-state index is 0.561. The molecule has 0 unspecified atom stereocenters. The molecule has 0 aromatic heterocycles. The molecule has 0 amide bonds. The SMILES string of the molecule is CCCC1(CN(C)CCc2ccccc2)CCNCC1. The molecule has 2 rings (SSSR count). The maximum Gasteiger partial charge on any atom is 0.00360 e. The third kappa shape index (κ3) is 4.60. The van der Waals surface area contributed by atoms with Crippen molar-refractivity contribution in [1.29, 1.82) is 0 Å². The van der Waals surface area contributed by atoms with Crippen LogP contribution in [0.3, 0.4) is 0 Å². The summed E-state index contributed by atoms with van der Waals surface area (Å²) in [5.74, 6) is 0. The Morgan fingerprint density at radius 2 is 1.85 bits per heavy atom. The van der Waals surface area contributed by atoms with Crippen LogP contribution in [-0.4, -0.2) is 38.1 Å². The second kappa shape index (κ2) is 7.80. The highest BCUT2D eigenvalue weighted by Gasteiger charge is 2.31. The first-order valence-corrected chi connectivity index (χ1v) is 8.17. The van der Waals surface area contributed by atoms with Gasteiger partial charge < -0.3 is 10.2 Å². The van der Waals surface area contributed by atoms with Crippen molar-refractivity contribution in [3.05, 3.63) is 35.9 Å². The summed E-state index contributed by atoms with van der Waals surface area (Å²) in [6.07, 6.45) is 6.54. The van der Waals surface area contributed by atoms with Crippen molar-refractivity contribution >= 4 is 0 Å². The van der Waals surface area contributed by atoms with Crippen molar-refractivity contribution in [3.8, 4) is 0 Å². The fraction of sp³-hybridized carbons (Fsp3) is 0.667. The average Bonchev–Trinajstić information content (AvgIpc) is 2.47. The van der Waals surface area contributed by atoms with Gasteiger partial charge in [0.05, 0.1) is 0 Å². The highest BCUT2D eigenvalue weighted by molar-refractivity contribution is 5.14. The van der Waals surface area contributed by atoms with Crippen molar-refractivity contribution in [1.82, 2.24) is 10.2 Å². The molecule has 0 spiro atoms. The van der Waals surface area contributed by atoms with Crippen LogP contribution in [0.1, 0.15) is 38.2 Å². The molecule has 0 aliphatic carbocycles. The zero-order valence-corrected chi connectivity index (χ0v) is 13.2. The lowest BCUT2D eigenvalue weighted by atomic mass is 9.75. The zero-order chi connectivity index (χ0) is 14.3. The molecule has 1 heterocycles. The summed E-state index contributed by atoms with van der Waals surface area (Å²) in [5.41, 5.74) is 2.01. The van der Waals surface area contributed by atoms with Crippen LogP contribution in [0, 0.1) is 5.41 Å². The van der Waals surface area contributed by atoms with E-state index in [1.54, 1.807) is 0 Å². The van der Waals surface area contributed by atoms with Crippen LogP contribution >= 0.6 is 0 Å². The molecule has 1 aromatic carbocycles. The second-order valence-electron chi connectivity index (χ2n) is 6.47. The molecule has 2 nitrogen and oxygen atoms in total. The van der Waals surface area contributed by atoms with Crippen molar-refractivity contribution in [3.63, 3.8) is 0 Å². The molecule has 0 radical (unpaired) electrons. The normalized spacial score (nSPS) is 18.4. The molecular weight excluding hydrogens is 244 g/mol. The van der Waals surface area contributed by atoms with Crippen LogP contribution in [0.15, 0.2) is 30.3 Å². The molecule has 0 bridgehead atoms. The van der Waals surface area contributed by atoms with Crippen LogP contribution < -0.4 is 5.32 Å².